The van der Waals surface area contributed by atoms with E-state index in [9.17, 15) is 19.7 Å². The normalized spacial score (nSPS) is 13.6. The van der Waals surface area contributed by atoms with Gasteiger partial charge in [0.15, 0.2) is 5.69 Å². The molecule has 8 heteroatoms. The van der Waals surface area contributed by atoms with Gasteiger partial charge in [-0.25, -0.2) is 9.78 Å². The average molecular weight is 269 g/mol. The van der Waals surface area contributed by atoms with Gasteiger partial charge < -0.3 is 20.5 Å². The first-order valence-electron chi connectivity index (χ1n) is 5.69. The van der Waals surface area contributed by atoms with Gasteiger partial charge in [-0.1, -0.05) is 13.3 Å². The molecule has 104 valence electrons. The van der Waals surface area contributed by atoms with Crippen molar-refractivity contribution in [1.29, 1.82) is 0 Å². The Kier molecular flexibility index (Phi) is 4.26. The largest absolute Gasteiger partial charge is 0.480 e. The summed E-state index contributed by atoms with van der Waals surface area (Å²) < 4.78 is 0. The van der Waals surface area contributed by atoms with Crippen molar-refractivity contribution < 1.29 is 19.6 Å². The zero-order chi connectivity index (χ0) is 14.6. The molecule has 0 saturated heterocycles. The van der Waals surface area contributed by atoms with Gasteiger partial charge in [-0.2, -0.15) is 0 Å². The van der Waals surface area contributed by atoms with Crippen LogP contribution in [-0.4, -0.2) is 32.4 Å². The Balaban J connectivity index is 2.87. The highest BCUT2D eigenvalue weighted by Crippen LogP contribution is 2.15. The first kappa shape index (κ1) is 14.7. The molecule has 0 saturated carbocycles. The van der Waals surface area contributed by atoms with E-state index in [1.165, 1.54) is 13.0 Å². The molecule has 1 heterocycles. The van der Waals surface area contributed by atoms with E-state index >= 15 is 0 Å². The molecule has 0 fully saturated rings. The number of hydrogen-bond acceptors (Lipinski definition) is 4. The number of carbonyl (C=O) groups is 2. The summed E-state index contributed by atoms with van der Waals surface area (Å²) in [4.78, 5) is 35.1. The minimum absolute atomic E-state index is 0.0460. The van der Waals surface area contributed by atoms with Crippen LogP contribution in [-0.2, 0) is 4.79 Å². The van der Waals surface area contributed by atoms with E-state index in [0.29, 0.717) is 6.42 Å². The Hall–Kier alpha value is -2.38. The highest BCUT2D eigenvalue weighted by Gasteiger charge is 2.35. The van der Waals surface area contributed by atoms with Gasteiger partial charge >= 0.3 is 11.8 Å². The molecule has 1 aromatic heterocycles. The highest BCUT2D eigenvalue weighted by molar-refractivity contribution is 5.96. The number of carboxylic acids is 1. The van der Waals surface area contributed by atoms with Gasteiger partial charge in [0.1, 0.15) is 5.54 Å². The van der Waals surface area contributed by atoms with Crippen LogP contribution in [0.5, 0.6) is 0 Å². The summed E-state index contributed by atoms with van der Waals surface area (Å²) in [7, 11) is 0. The van der Waals surface area contributed by atoms with Crippen molar-refractivity contribution in [3.05, 3.63) is 27.9 Å². The quantitative estimate of drug-likeness (QED) is 0.530. The lowest BCUT2D eigenvalue weighted by Crippen LogP contribution is -2.52. The first-order valence-corrected chi connectivity index (χ1v) is 5.69. The van der Waals surface area contributed by atoms with E-state index in [2.05, 4.69) is 10.3 Å². The summed E-state index contributed by atoms with van der Waals surface area (Å²) in [5.41, 5.74) is -1.44. The second kappa shape index (κ2) is 5.51. The number of amides is 1. The maximum absolute atomic E-state index is 11.8. The van der Waals surface area contributed by atoms with Crippen LogP contribution >= 0.6 is 0 Å². The number of hydrogen-bond donors (Lipinski definition) is 3. The van der Waals surface area contributed by atoms with E-state index in [-0.39, 0.29) is 17.9 Å². The fraction of sp³-hybridized carbons (Fsp3) is 0.455. The summed E-state index contributed by atoms with van der Waals surface area (Å²) in [6.45, 7) is 3.20. The van der Waals surface area contributed by atoms with Crippen molar-refractivity contribution in [3.8, 4) is 0 Å². The number of carbonyl (C=O) groups excluding carboxylic acids is 1. The molecule has 0 radical (unpaired) electrons. The number of H-pyrrole nitrogens is 1. The number of nitrogens with one attached hydrogen (secondary N) is 2. The zero-order valence-electron chi connectivity index (χ0n) is 10.6. The van der Waals surface area contributed by atoms with E-state index in [4.69, 9.17) is 5.11 Å². The van der Waals surface area contributed by atoms with Crippen molar-refractivity contribution in [3.63, 3.8) is 0 Å². The molecular weight excluding hydrogens is 254 g/mol. The molecule has 0 bridgehead atoms. The third kappa shape index (κ3) is 3.30. The van der Waals surface area contributed by atoms with Crippen molar-refractivity contribution in [1.82, 2.24) is 10.3 Å². The Bertz CT molecular complexity index is 510. The smallest absolute Gasteiger partial charge is 0.329 e. The molecule has 0 aromatic carbocycles. The van der Waals surface area contributed by atoms with Crippen LogP contribution in [0.3, 0.4) is 0 Å². The van der Waals surface area contributed by atoms with Crippen LogP contribution in [0.2, 0.25) is 0 Å². The van der Waals surface area contributed by atoms with Gasteiger partial charge in [-0.3, -0.25) is 4.79 Å². The summed E-state index contributed by atoms with van der Waals surface area (Å²) in [6.07, 6.45) is 0.838. The van der Waals surface area contributed by atoms with Crippen molar-refractivity contribution in [2.45, 2.75) is 32.2 Å². The van der Waals surface area contributed by atoms with Gasteiger partial charge in [0.05, 0.1) is 0 Å². The molecule has 1 atom stereocenters. The van der Waals surface area contributed by atoms with Crippen LogP contribution in [0.4, 0.5) is 5.82 Å². The van der Waals surface area contributed by atoms with Crippen molar-refractivity contribution >= 4 is 17.7 Å². The maximum atomic E-state index is 11.8. The number of aromatic nitrogens is 1. The van der Waals surface area contributed by atoms with Crippen molar-refractivity contribution in [2.75, 3.05) is 0 Å². The summed E-state index contributed by atoms with van der Waals surface area (Å²) in [5, 5.41) is 22.0. The molecule has 19 heavy (non-hydrogen) atoms. The molecule has 8 nitrogen and oxygen atoms in total. The minimum Gasteiger partial charge on any atom is -0.480 e. The Morgan fingerprint density at radius 3 is 2.58 bits per heavy atom. The van der Waals surface area contributed by atoms with E-state index < -0.39 is 22.3 Å². The Morgan fingerprint density at radius 2 is 2.16 bits per heavy atom. The maximum Gasteiger partial charge on any atom is 0.329 e. The predicted octanol–water partition coefficient (Wildman–Crippen LogP) is 1.30. The molecule has 0 spiro atoms. The third-order valence-electron chi connectivity index (χ3n) is 2.72. The zero-order valence-corrected chi connectivity index (χ0v) is 10.6. The average Bonchev–Trinajstić information content (AvgIpc) is 2.78. The van der Waals surface area contributed by atoms with E-state index in [1.54, 1.807) is 6.92 Å². The predicted molar refractivity (Wildman–Crippen MR) is 65.9 cm³/mol. The molecule has 0 aliphatic heterocycles. The number of nitro groups is 1. The van der Waals surface area contributed by atoms with Gasteiger partial charge in [-0.15, -0.1) is 0 Å². The van der Waals surface area contributed by atoms with Crippen LogP contribution in [0, 0.1) is 10.1 Å². The van der Waals surface area contributed by atoms with Crippen LogP contribution in [0.1, 0.15) is 37.2 Å². The second-order valence-corrected chi connectivity index (χ2v) is 4.36. The van der Waals surface area contributed by atoms with Gasteiger partial charge in [-0.05, 0) is 24.3 Å². The van der Waals surface area contributed by atoms with Gasteiger partial charge in [0.2, 0.25) is 0 Å². The Labute approximate surface area is 109 Å². The topological polar surface area (TPSA) is 125 Å². The lowest BCUT2D eigenvalue weighted by Gasteiger charge is -2.24. The fourth-order valence-corrected chi connectivity index (χ4v) is 1.66. The monoisotopic (exact) mass is 269 g/mol. The van der Waals surface area contributed by atoms with Crippen LogP contribution in [0.25, 0.3) is 0 Å². The van der Waals surface area contributed by atoms with Gasteiger partial charge in [0.25, 0.3) is 5.91 Å². The van der Waals surface area contributed by atoms with Crippen molar-refractivity contribution in [2.24, 2.45) is 0 Å². The molecule has 3 N–H and O–H groups in total. The lowest BCUT2D eigenvalue weighted by atomic mass is 9.96. The number of nitrogens with zero attached hydrogens (tertiary/aromatic N) is 1. The molecule has 1 rings (SSSR count). The molecule has 0 aliphatic rings. The minimum atomic E-state index is -1.40. The van der Waals surface area contributed by atoms with Gasteiger partial charge in [0, 0.05) is 6.07 Å². The van der Waals surface area contributed by atoms with Crippen LogP contribution < -0.4 is 5.32 Å². The molecular formula is C11H15N3O5. The lowest BCUT2D eigenvalue weighted by molar-refractivity contribution is -0.389. The fourth-order valence-electron chi connectivity index (χ4n) is 1.66. The number of aromatic amines is 1. The Morgan fingerprint density at radius 1 is 1.53 bits per heavy atom. The van der Waals surface area contributed by atoms with E-state index in [1.807, 2.05) is 0 Å². The first-order chi connectivity index (χ1) is 8.80. The van der Waals surface area contributed by atoms with Crippen LogP contribution in [0.15, 0.2) is 12.1 Å². The molecule has 1 aromatic rings. The highest BCUT2D eigenvalue weighted by atomic mass is 16.6. The number of rotatable bonds is 6. The summed E-state index contributed by atoms with van der Waals surface area (Å²) in [6, 6.07) is 2.38. The third-order valence-corrected chi connectivity index (χ3v) is 2.72. The molecule has 0 aliphatic carbocycles. The standard InChI is InChI=1S/C11H15N3O5/c1-3-6-11(2,10(16)17)13-9(15)7-4-5-8(12-7)14(18)19/h4-5,12H,3,6H2,1-2H3,(H,13,15)(H,16,17). The number of carboxylic acid groups (broad SMARTS) is 1. The number of aliphatic carboxylic acids is 1. The molecule has 1 unspecified atom stereocenters. The van der Waals surface area contributed by atoms with E-state index in [0.717, 1.165) is 6.07 Å². The second-order valence-electron chi connectivity index (χ2n) is 4.36. The summed E-state index contributed by atoms with van der Waals surface area (Å²) in [5.74, 6) is -2.16. The SMILES string of the molecule is CCCC(C)(NC(=O)c1ccc([N+](=O)[O-])[nH]1)C(=O)O. The molecule has 1 amide bonds. The summed E-state index contributed by atoms with van der Waals surface area (Å²) >= 11 is 0.